The number of phenols is 1. The molecule has 0 aromatic heterocycles. The molecule has 1 rings (SSSR count). The Morgan fingerprint density at radius 2 is 1.86 bits per heavy atom. The third-order valence-electron chi connectivity index (χ3n) is 2.17. The molecular formula is C11H12O3. The minimum Gasteiger partial charge on any atom is -0.507 e. The zero-order valence-electron chi connectivity index (χ0n) is 8.15. The van der Waals surface area contributed by atoms with Crippen molar-refractivity contribution in [1.29, 1.82) is 0 Å². The van der Waals surface area contributed by atoms with Crippen molar-refractivity contribution in [3.63, 3.8) is 0 Å². The van der Waals surface area contributed by atoms with Crippen LogP contribution in [-0.4, -0.2) is 16.7 Å². The van der Waals surface area contributed by atoms with Crippen molar-refractivity contribution < 1.29 is 14.7 Å². The number of hydrogen-bond donors (Lipinski definition) is 1. The summed E-state index contributed by atoms with van der Waals surface area (Å²) in [6, 6.07) is 6.22. The van der Waals surface area contributed by atoms with Gasteiger partial charge in [0, 0.05) is 0 Å². The van der Waals surface area contributed by atoms with Crippen molar-refractivity contribution in [3.8, 4) is 5.75 Å². The van der Waals surface area contributed by atoms with Gasteiger partial charge in [0.1, 0.15) is 11.5 Å². The molecule has 3 heteroatoms. The summed E-state index contributed by atoms with van der Waals surface area (Å²) in [5.74, 6) is -1.30. The van der Waals surface area contributed by atoms with Crippen LogP contribution >= 0.6 is 0 Å². The number of ketones is 2. The van der Waals surface area contributed by atoms with Gasteiger partial charge in [0.2, 0.25) is 0 Å². The number of hydrogen-bond acceptors (Lipinski definition) is 3. The molecule has 0 fully saturated rings. The summed E-state index contributed by atoms with van der Waals surface area (Å²) >= 11 is 0. The van der Waals surface area contributed by atoms with E-state index in [1.807, 2.05) is 0 Å². The van der Waals surface area contributed by atoms with Crippen LogP contribution in [0.3, 0.4) is 0 Å². The lowest BCUT2D eigenvalue weighted by Crippen LogP contribution is -2.18. The molecule has 1 N–H and O–H groups in total. The van der Waals surface area contributed by atoms with Crippen LogP contribution in [-0.2, 0) is 4.79 Å². The van der Waals surface area contributed by atoms with Gasteiger partial charge >= 0.3 is 0 Å². The molecule has 1 atom stereocenters. The van der Waals surface area contributed by atoms with Crippen LogP contribution in [0.15, 0.2) is 24.3 Å². The van der Waals surface area contributed by atoms with Gasteiger partial charge in [-0.2, -0.15) is 0 Å². The highest BCUT2D eigenvalue weighted by Crippen LogP contribution is 2.19. The Morgan fingerprint density at radius 1 is 1.29 bits per heavy atom. The number of aromatic hydroxyl groups is 1. The zero-order chi connectivity index (χ0) is 10.7. The Balaban J connectivity index is 3.01. The molecule has 0 aliphatic rings. The van der Waals surface area contributed by atoms with E-state index >= 15 is 0 Å². The van der Waals surface area contributed by atoms with Crippen molar-refractivity contribution in [2.45, 2.75) is 13.8 Å². The lowest BCUT2D eigenvalue weighted by Gasteiger charge is -2.07. The van der Waals surface area contributed by atoms with Crippen LogP contribution in [0.2, 0.25) is 0 Å². The summed E-state index contributed by atoms with van der Waals surface area (Å²) in [5.41, 5.74) is 0.204. The Bertz CT molecular complexity index is 369. The summed E-state index contributed by atoms with van der Waals surface area (Å²) in [6.45, 7) is 2.90. The average molecular weight is 192 g/mol. The van der Waals surface area contributed by atoms with Crippen LogP contribution in [0.4, 0.5) is 0 Å². The first-order chi connectivity index (χ1) is 6.54. The van der Waals surface area contributed by atoms with Crippen LogP contribution in [0, 0.1) is 5.92 Å². The van der Waals surface area contributed by atoms with Crippen molar-refractivity contribution in [3.05, 3.63) is 29.8 Å². The Hall–Kier alpha value is -1.64. The summed E-state index contributed by atoms with van der Waals surface area (Å²) in [5, 5.41) is 9.38. The van der Waals surface area contributed by atoms with E-state index in [1.165, 1.54) is 26.0 Å². The largest absolute Gasteiger partial charge is 0.507 e. The maximum absolute atomic E-state index is 11.6. The monoisotopic (exact) mass is 192 g/mol. The van der Waals surface area contributed by atoms with E-state index in [1.54, 1.807) is 12.1 Å². The number of carbonyl (C=O) groups excluding carboxylic acids is 2. The zero-order valence-corrected chi connectivity index (χ0v) is 8.15. The molecule has 0 bridgehead atoms. The number of benzene rings is 1. The fraction of sp³-hybridized carbons (Fsp3) is 0.273. The lowest BCUT2D eigenvalue weighted by atomic mass is 9.96. The van der Waals surface area contributed by atoms with Crippen molar-refractivity contribution in [1.82, 2.24) is 0 Å². The first kappa shape index (κ1) is 10.4. The van der Waals surface area contributed by atoms with Crippen molar-refractivity contribution in [2.75, 3.05) is 0 Å². The van der Waals surface area contributed by atoms with Gasteiger partial charge in [-0.25, -0.2) is 0 Å². The maximum Gasteiger partial charge on any atom is 0.176 e. The number of rotatable bonds is 3. The molecule has 0 saturated carbocycles. The third-order valence-corrected chi connectivity index (χ3v) is 2.17. The highest BCUT2D eigenvalue weighted by molar-refractivity contribution is 6.10. The second-order valence-corrected chi connectivity index (χ2v) is 3.21. The summed E-state index contributed by atoms with van der Waals surface area (Å²) in [7, 11) is 0. The predicted octanol–water partition coefficient (Wildman–Crippen LogP) is 1.80. The van der Waals surface area contributed by atoms with Crippen LogP contribution < -0.4 is 0 Å². The minimum absolute atomic E-state index is 0.0781. The second-order valence-electron chi connectivity index (χ2n) is 3.21. The van der Waals surface area contributed by atoms with Crippen molar-refractivity contribution in [2.24, 2.45) is 5.92 Å². The van der Waals surface area contributed by atoms with Gasteiger partial charge in [0.25, 0.3) is 0 Å². The number of phenolic OH excluding ortho intramolecular Hbond substituents is 1. The lowest BCUT2D eigenvalue weighted by molar-refractivity contribution is -0.118. The highest BCUT2D eigenvalue weighted by Gasteiger charge is 2.21. The van der Waals surface area contributed by atoms with Gasteiger partial charge in [-0.3, -0.25) is 9.59 Å². The fourth-order valence-corrected chi connectivity index (χ4v) is 1.10. The molecule has 74 valence electrons. The molecule has 1 aromatic rings. The smallest absolute Gasteiger partial charge is 0.176 e. The molecule has 0 spiro atoms. The van der Waals surface area contributed by atoms with Gasteiger partial charge in [0.15, 0.2) is 5.78 Å². The number of Topliss-reactive ketones (excluding diaryl/α,β-unsaturated/α-hetero) is 2. The quantitative estimate of drug-likeness (QED) is 0.586. The predicted molar refractivity (Wildman–Crippen MR) is 52.3 cm³/mol. The van der Waals surface area contributed by atoms with Crippen LogP contribution in [0.25, 0.3) is 0 Å². The topological polar surface area (TPSA) is 54.4 Å². The second kappa shape index (κ2) is 4.05. The third kappa shape index (κ3) is 1.99. The molecule has 0 radical (unpaired) electrons. The summed E-state index contributed by atoms with van der Waals surface area (Å²) in [6.07, 6.45) is 0. The van der Waals surface area contributed by atoms with Gasteiger partial charge in [-0.1, -0.05) is 12.1 Å². The standard InChI is InChI=1S/C11H12O3/c1-7(8(2)12)11(14)9-5-3-4-6-10(9)13/h3-7,13H,1-2H3. The van der Waals surface area contributed by atoms with E-state index < -0.39 is 5.92 Å². The fourth-order valence-electron chi connectivity index (χ4n) is 1.10. The maximum atomic E-state index is 11.6. The van der Waals surface area contributed by atoms with Gasteiger partial charge in [-0.05, 0) is 26.0 Å². The molecule has 0 aliphatic carbocycles. The van der Waals surface area contributed by atoms with Gasteiger partial charge < -0.3 is 5.11 Å². The van der Waals surface area contributed by atoms with E-state index in [0.717, 1.165) is 0 Å². The molecule has 3 nitrogen and oxygen atoms in total. The number of carbonyl (C=O) groups is 2. The Kier molecular flexibility index (Phi) is 3.02. The SMILES string of the molecule is CC(=O)C(C)C(=O)c1ccccc1O. The Morgan fingerprint density at radius 3 is 2.36 bits per heavy atom. The molecule has 0 heterocycles. The van der Waals surface area contributed by atoms with E-state index in [9.17, 15) is 14.7 Å². The Labute approximate surface area is 82.4 Å². The minimum atomic E-state index is -0.691. The molecule has 0 amide bonds. The summed E-state index contributed by atoms with van der Waals surface area (Å²) < 4.78 is 0. The van der Waals surface area contributed by atoms with Crippen LogP contribution in [0.1, 0.15) is 24.2 Å². The molecule has 1 unspecified atom stereocenters. The van der Waals surface area contributed by atoms with E-state index in [2.05, 4.69) is 0 Å². The summed E-state index contributed by atoms with van der Waals surface area (Å²) in [4.78, 5) is 22.6. The molecule has 0 saturated heterocycles. The normalized spacial score (nSPS) is 12.1. The highest BCUT2D eigenvalue weighted by atomic mass is 16.3. The molecular weight excluding hydrogens is 180 g/mol. The van der Waals surface area contributed by atoms with Gasteiger partial charge in [0.05, 0.1) is 11.5 Å². The van der Waals surface area contributed by atoms with Crippen LogP contribution in [0.5, 0.6) is 5.75 Å². The number of para-hydroxylation sites is 1. The van der Waals surface area contributed by atoms with E-state index in [0.29, 0.717) is 0 Å². The van der Waals surface area contributed by atoms with E-state index in [4.69, 9.17) is 0 Å². The van der Waals surface area contributed by atoms with E-state index in [-0.39, 0.29) is 22.9 Å². The van der Waals surface area contributed by atoms with Gasteiger partial charge in [-0.15, -0.1) is 0 Å². The van der Waals surface area contributed by atoms with Crippen molar-refractivity contribution >= 4 is 11.6 Å². The first-order valence-corrected chi connectivity index (χ1v) is 4.36. The first-order valence-electron chi connectivity index (χ1n) is 4.36. The molecule has 14 heavy (non-hydrogen) atoms. The molecule has 1 aromatic carbocycles. The average Bonchev–Trinajstić information content (AvgIpc) is 2.16. The molecule has 0 aliphatic heterocycles.